The maximum atomic E-state index is 12.1. The number of aromatic nitrogens is 1. The second kappa shape index (κ2) is 7.68. The highest BCUT2D eigenvalue weighted by atomic mass is 35.5. The molecule has 0 radical (unpaired) electrons. The molecule has 0 saturated carbocycles. The van der Waals surface area contributed by atoms with Gasteiger partial charge in [0.1, 0.15) is 10.9 Å². The Morgan fingerprint density at radius 3 is 2.86 bits per heavy atom. The van der Waals surface area contributed by atoms with Crippen LogP contribution < -0.4 is 15.0 Å². The number of fused-ring (bicyclic) bond motifs is 1. The molecule has 1 aliphatic rings. The Morgan fingerprint density at radius 1 is 1.25 bits per heavy atom. The molecule has 1 fully saturated rings. The zero-order valence-corrected chi connectivity index (χ0v) is 16.7. The molecule has 0 atom stereocenters. The number of benzene rings is 2. The lowest BCUT2D eigenvalue weighted by Gasteiger charge is -2.21. The van der Waals surface area contributed by atoms with Crippen LogP contribution in [0.2, 0.25) is 5.15 Å². The molecule has 0 spiro atoms. The predicted molar refractivity (Wildman–Crippen MR) is 113 cm³/mol. The van der Waals surface area contributed by atoms with Gasteiger partial charge in [0, 0.05) is 47.9 Å². The van der Waals surface area contributed by atoms with Crippen molar-refractivity contribution in [1.29, 1.82) is 0 Å². The summed E-state index contributed by atoms with van der Waals surface area (Å²) in [4.78, 5) is 18.5. The second-order valence-corrected chi connectivity index (χ2v) is 7.31. The third-order valence-corrected chi connectivity index (χ3v) is 5.52. The van der Waals surface area contributed by atoms with Gasteiger partial charge < -0.3 is 15.0 Å². The Balaban J connectivity index is 1.58. The summed E-state index contributed by atoms with van der Waals surface area (Å²) >= 11 is 6.41. The van der Waals surface area contributed by atoms with Crippen molar-refractivity contribution >= 4 is 39.8 Å². The van der Waals surface area contributed by atoms with Crippen molar-refractivity contribution in [3.05, 3.63) is 58.7 Å². The highest BCUT2D eigenvalue weighted by Gasteiger charge is 2.23. The van der Waals surface area contributed by atoms with Crippen LogP contribution in [0, 0.1) is 6.92 Å². The van der Waals surface area contributed by atoms with Crippen LogP contribution in [0.1, 0.15) is 24.0 Å². The number of carbonyl (C=O) groups is 1. The third kappa shape index (κ3) is 3.50. The molecule has 1 amide bonds. The number of anilines is 2. The lowest BCUT2D eigenvalue weighted by molar-refractivity contribution is -0.117. The van der Waals surface area contributed by atoms with E-state index in [9.17, 15) is 4.79 Å². The molecule has 28 heavy (non-hydrogen) atoms. The molecule has 2 aromatic carbocycles. The molecule has 3 aromatic rings. The fraction of sp³-hybridized carbons (Fsp3) is 0.273. The summed E-state index contributed by atoms with van der Waals surface area (Å²) in [5, 5.41) is 4.93. The largest absolute Gasteiger partial charge is 0.497 e. The fourth-order valence-corrected chi connectivity index (χ4v) is 3.83. The van der Waals surface area contributed by atoms with Crippen LogP contribution in [0.5, 0.6) is 5.75 Å². The molecular formula is C22H22ClN3O2. The minimum Gasteiger partial charge on any atom is -0.497 e. The summed E-state index contributed by atoms with van der Waals surface area (Å²) in [5.41, 5.74) is 4.75. The number of hydrogen-bond acceptors (Lipinski definition) is 4. The summed E-state index contributed by atoms with van der Waals surface area (Å²) in [6.45, 7) is 3.37. The summed E-state index contributed by atoms with van der Waals surface area (Å²) in [7, 11) is 1.63. The molecule has 1 aromatic heterocycles. The predicted octanol–water partition coefficient (Wildman–Crippen LogP) is 4.94. The third-order valence-electron chi connectivity index (χ3n) is 5.19. The van der Waals surface area contributed by atoms with Crippen molar-refractivity contribution in [3.8, 4) is 5.75 Å². The molecule has 0 unspecified atom stereocenters. The van der Waals surface area contributed by atoms with E-state index in [0.29, 0.717) is 18.1 Å². The van der Waals surface area contributed by atoms with Gasteiger partial charge >= 0.3 is 0 Å². The minimum atomic E-state index is 0.192. The minimum absolute atomic E-state index is 0.192. The van der Waals surface area contributed by atoms with Crippen LogP contribution in [0.3, 0.4) is 0 Å². The fourth-order valence-electron chi connectivity index (χ4n) is 3.62. The average molecular weight is 396 g/mol. The van der Waals surface area contributed by atoms with E-state index >= 15 is 0 Å². The number of halogens is 1. The standard InChI is InChI=1S/C22H22ClN3O2/c1-14-18(5-3-6-20(14)26-10-4-7-21(26)27)24-13-16-11-15-8-9-17(28-2)12-19(15)25-22(16)23/h3,5-6,8-9,11-12,24H,4,7,10,13H2,1-2H3. The van der Waals surface area contributed by atoms with E-state index in [1.807, 2.05) is 54.3 Å². The molecule has 6 heteroatoms. The number of nitrogens with zero attached hydrogens (tertiary/aromatic N) is 2. The van der Waals surface area contributed by atoms with E-state index in [1.54, 1.807) is 7.11 Å². The van der Waals surface area contributed by atoms with Crippen molar-refractivity contribution < 1.29 is 9.53 Å². The maximum Gasteiger partial charge on any atom is 0.227 e. The number of pyridine rings is 1. The summed E-state index contributed by atoms with van der Waals surface area (Å²) in [6, 6.07) is 13.8. The van der Waals surface area contributed by atoms with Gasteiger partial charge in [0.15, 0.2) is 0 Å². The number of carbonyl (C=O) groups excluding carboxylic acids is 1. The van der Waals surface area contributed by atoms with Crippen molar-refractivity contribution in [2.45, 2.75) is 26.3 Å². The van der Waals surface area contributed by atoms with E-state index in [2.05, 4.69) is 10.3 Å². The first-order valence-electron chi connectivity index (χ1n) is 9.34. The Hall–Kier alpha value is -2.79. The molecule has 2 heterocycles. The van der Waals surface area contributed by atoms with Crippen LogP contribution in [-0.4, -0.2) is 24.5 Å². The number of methoxy groups -OCH3 is 1. The smallest absolute Gasteiger partial charge is 0.227 e. The van der Waals surface area contributed by atoms with Crippen LogP contribution in [-0.2, 0) is 11.3 Å². The van der Waals surface area contributed by atoms with E-state index in [0.717, 1.165) is 52.1 Å². The second-order valence-electron chi connectivity index (χ2n) is 6.95. The molecule has 0 aliphatic carbocycles. The molecule has 4 rings (SSSR count). The summed E-state index contributed by atoms with van der Waals surface area (Å²) in [5.74, 6) is 0.947. The van der Waals surface area contributed by atoms with Crippen molar-refractivity contribution in [2.75, 3.05) is 23.9 Å². The molecule has 1 aliphatic heterocycles. The first-order chi connectivity index (χ1) is 13.6. The lowest BCUT2D eigenvalue weighted by atomic mass is 10.1. The Kier molecular flexibility index (Phi) is 5.09. The van der Waals surface area contributed by atoms with Crippen LogP contribution in [0.25, 0.3) is 10.9 Å². The molecule has 144 valence electrons. The number of rotatable bonds is 5. The quantitative estimate of drug-likeness (QED) is 0.621. The Bertz CT molecular complexity index is 1050. The highest BCUT2D eigenvalue weighted by Crippen LogP contribution is 2.31. The normalized spacial score (nSPS) is 14.0. The molecule has 0 bridgehead atoms. The number of nitrogens with one attached hydrogen (secondary N) is 1. The highest BCUT2D eigenvalue weighted by molar-refractivity contribution is 6.30. The van der Waals surface area contributed by atoms with E-state index in [-0.39, 0.29) is 5.91 Å². The van der Waals surface area contributed by atoms with E-state index in [4.69, 9.17) is 16.3 Å². The average Bonchev–Trinajstić information content (AvgIpc) is 3.12. The topological polar surface area (TPSA) is 54.5 Å². The van der Waals surface area contributed by atoms with Gasteiger partial charge in [-0.15, -0.1) is 0 Å². The number of amides is 1. The monoisotopic (exact) mass is 395 g/mol. The SMILES string of the molecule is COc1ccc2cc(CNc3cccc(N4CCCC4=O)c3C)c(Cl)nc2c1. The van der Waals surface area contributed by atoms with Gasteiger partial charge in [0.05, 0.1) is 12.6 Å². The first-order valence-corrected chi connectivity index (χ1v) is 9.71. The molecular weight excluding hydrogens is 374 g/mol. The summed E-state index contributed by atoms with van der Waals surface area (Å²) < 4.78 is 5.25. The number of hydrogen-bond donors (Lipinski definition) is 1. The van der Waals surface area contributed by atoms with Gasteiger partial charge in [0.2, 0.25) is 5.91 Å². The summed E-state index contributed by atoms with van der Waals surface area (Å²) in [6.07, 6.45) is 1.54. The zero-order valence-electron chi connectivity index (χ0n) is 16.0. The number of ether oxygens (including phenoxy) is 1. The Labute approximate surface area is 169 Å². The maximum absolute atomic E-state index is 12.1. The van der Waals surface area contributed by atoms with E-state index < -0.39 is 0 Å². The van der Waals surface area contributed by atoms with Crippen LogP contribution >= 0.6 is 11.6 Å². The van der Waals surface area contributed by atoms with Crippen LogP contribution in [0.15, 0.2) is 42.5 Å². The van der Waals surface area contributed by atoms with Gasteiger partial charge in [-0.05, 0) is 49.2 Å². The van der Waals surface area contributed by atoms with Crippen LogP contribution in [0.4, 0.5) is 11.4 Å². The first kappa shape index (κ1) is 18.6. The van der Waals surface area contributed by atoms with Gasteiger partial charge in [0.25, 0.3) is 0 Å². The molecule has 5 nitrogen and oxygen atoms in total. The van der Waals surface area contributed by atoms with E-state index in [1.165, 1.54) is 0 Å². The van der Waals surface area contributed by atoms with Crippen molar-refractivity contribution in [3.63, 3.8) is 0 Å². The zero-order chi connectivity index (χ0) is 19.7. The van der Waals surface area contributed by atoms with Crippen molar-refractivity contribution in [2.24, 2.45) is 0 Å². The van der Waals surface area contributed by atoms with Gasteiger partial charge in [-0.25, -0.2) is 4.98 Å². The Morgan fingerprint density at radius 2 is 2.11 bits per heavy atom. The van der Waals surface area contributed by atoms with Crippen molar-refractivity contribution in [1.82, 2.24) is 4.98 Å². The van der Waals surface area contributed by atoms with Gasteiger partial charge in [-0.3, -0.25) is 4.79 Å². The lowest BCUT2D eigenvalue weighted by Crippen LogP contribution is -2.24. The molecule has 1 N–H and O–H groups in total. The van der Waals surface area contributed by atoms with Gasteiger partial charge in [-0.1, -0.05) is 17.7 Å². The van der Waals surface area contributed by atoms with Gasteiger partial charge in [-0.2, -0.15) is 0 Å². The molecule has 1 saturated heterocycles.